The number of hydrogen-bond acceptors (Lipinski definition) is 5. The van der Waals surface area contributed by atoms with E-state index in [2.05, 4.69) is 27.3 Å². The maximum absolute atomic E-state index is 11.8. The Kier molecular flexibility index (Phi) is 5.52. The van der Waals surface area contributed by atoms with E-state index in [1.807, 2.05) is 0 Å². The quantitative estimate of drug-likeness (QED) is 0.846. The first-order valence-electron chi connectivity index (χ1n) is 7.41. The molecule has 1 saturated heterocycles. The van der Waals surface area contributed by atoms with Gasteiger partial charge >= 0.3 is 0 Å². The average Bonchev–Trinajstić information content (AvgIpc) is 2.83. The van der Waals surface area contributed by atoms with E-state index >= 15 is 0 Å². The smallest absolute Gasteiger partial charge is 0.229 e. The zero-order chi connectivity index (χ0) is 14.4. The van der Waals surface area contributed by atoms with E-state index < -0.39 is 0 Å². The molecule has 0 bridgehead atoms. The second-order valence-electron chi connectivity index (χ2n) is 5.66. The summed E-state index contributed by atoms with van der Waals surface area (Å²) >= 11 is 0. The molecule has 20 heavy (non-hydrogen) atoms. The first-order valence-corrected chi connectivity index (χ1v) is 7.41. The van der Waals surface area contributed by atoms with Gasteiger partial charge in [0.05, 0.1) is 0 Å². The predicted molar refractivity (Wildman–Crippen MR) is 75.2 cm³/mol. The number of hydrogen-bond donors (Lipinski definition) is 1. The topological polar surface area (TPSA) is 71.3 Å². The van der Waals surface area contributed by atoms with Gasteiger partial charge in [0, 0.05) is 20.0 Å². The van der Waals surface area contributed by atoms with Crippen LogP contribution < -0.4 is 5.32 Å². The molecule has 0 radical (unpaired) electrons. The van der Waals surface area contributed by atoms with Crippen molar-refractivity contribution >= 4 is 5.91 Å². The van der Waals surface area contributed by atoms with Crippen LogP contribution in [0.15, 0.2) is 4.42 Å². The minimum Gasteiger partial charge on any atom is -0.425 e. The highest BCUT2D eigenvalue weighted by Crippen LogP contribution is 2.10. The molecule has 0 saturated carbocycles. The third-order valence-corrected chi connectivity index (χ3v) is 3.55. The lowest BCUT2D eigenvalue weighted by molar-refractivity contribution is -0.120. The van der Waals surface area contributed by atoms with Gasteiger partial charge in [0.2, 0.25) is 17.7 Å². The number of aromatic nitrogens is 2. The van der Waals surface area contributed by atoms with E-state index in [1.165, 1.54) is 32.4 Å². The van der Waals surface area contributed by atoms with Crippen LogP contribution in [0, 0.1) is 12.8 Å². The number of piperidine rings is 1. The van der Waals surface area contributed by atoms with Crippen molar-refractivity contribution in [2.24, 2.45) is 5.92 Å². The Labute approximate surface area is 119 Å². The summed E-state index contributed by atoms with van der Waals surface area (Å²) in [4.78, 5) is 14.3. The molecule has 2 rings (SSSR count). The van der Waals surface area contributed by atoms with Gasteiger partial charge in [-0.25, -0.2) is 0 Å². The normalized spacial score (nSPS) is 17.9. The number of aryl methyl sites for hydroxylation is 1. The summed E-state index contributed by atoms with van der Waals surface area (Å²) in [5, 5.41) is 10.5. The number of nitrogens with one attached hydrogen (secondary N) is 1. The van der Waals surface area contributed by atoms with Gasteiger partial charge in [0.25, 0.3) is 0 Å². The zero-order valence-corrected chi connectivity index (χ0v) is 12.4. The Morgan fingerprint density at radius 3 is 2.75 bits per heavy atom. The predicted octanol–water partition coefficient (Wildman–Crippen LogP) is 1.16. The van der Waals surface area contributed by atoms with Crippen molar-refractivity contribution in [3.8, 4) is 0 Å². The molecule has 1 N–H and O–H groups in total. The first kappa shape index (κ1) is 15.0. The van der Waals surface area contributed by atoms with E-state index in [4.69, 9.17) is 4.42 Å². The van der Waals surface area contributed by atoms with Gasteiger partial charge in [0.15, 0.2) is 0 Å². The molecule has 1 unspecified atom stereocenters. The number of rotatable bonds is 6. The van der Waals surface area contributed by atoms with Gasteiger partial charge in [-0.05, 0) is 31.8 Å². The van der Waals surface area contributed by atoms with Crippen molar-refractivity contribution in [2.45, 2.75) is 39.5 Å². The number of amides is 1. The highest BCUT2D eigenvalue weighted by atomic mass is 16.4. The van der Waals surface area contributed by atoms with Gasteiger partial charge in [-0.2, -0.15) is 0 Å². The largest absolute Gasteiger partial charge is 0.425 e. The summed E-state index contributed by atoms with van der Waals surface area (Å²) < 4.78 is 5.19. The van der Waals surface area contributed by atoms with Crippen LogP contribution in [0.25, 0.3) is 0 Å². The summed E-state index contributed by atoms with van der Waals surface area (Å²) in [5.41, 5.74) is 0. The molecule has 1 aliphatic heterocycles. The fourth-order valence-corrected chi connectivity index (χ4v) is 2.54. The molecule has 1 atom stereocenters. The second kappa shape index (κ2) is 7.38. The Morgan fingerprint density at radius 2 is 2.10 bits per heavy atom. The molecule has 6 heteroatoms. The molecule has 1 amide bonds. The van der Waals surface area contributed by atoms with Crippen molar-refractivity contribution in [3.63, 3.8) is 0 Å². The van der Waals surface area contributed by atoms with Gasteiger partial charge in [-0.1, -0.05) is 13.3 Å². The van der Waals surface area contributed by atoms with Gasteiger partial charge < -0.3 is 14.6 Å². The SMILES string of the molecule is Cc1nnc(CC(=O)NCC(C)CN2CCCCC2)o1. The first-order chi connectivity index (χ1) is 9.63. The van der Waals surface area contributed by atoms with E-state index in [-0.39, 0.29) is 12.3 Å². The molecule has 0 spiro atoms. The van der Waals surface area contributed by atoms with Crippen LogP contribution in [-0.2, 0) is 11.2 Å². The Bertz CT molecular complexity index is 427. The van der Waals surface area contributed by atoms with E-state index in [1.54, 1.807) is 6.92 Å². The monoisotopic (exact) mass is 280 g/mol. The van der Waals surface area contributed by atoms with Crippen LogP contribution in [0.5, 0.6) is 0 Å². The summed E-state index contributed by atoms with van der Waals surface area (Å²) in [6, 6.07) is 0. The fraction of sp³-hybridized carbons (Fsp3) is 0.786. The number of carbonyl (C=O) groups is 1. The summed E-state index contributed by atoms with van der Waals surface area (Å²) in [6.07, 6.45) is 4.12. The van der Waals surface area contributed by atoms with Crippen molar-refractivity contribution < 1.29 is 9.21 Å². The van der Waals surface area contributed by atoms with Crippen LogP contribution in [0.4, 0.5) is 0 Å². The molecule has 0 aromatic carbocycles. The van der Waals surface area contributed by atoms with Crippen LogP contribution >= 0.6 is 0 Å². The van der Waals surface area contributed by atoms with E-state index in [0.29, 0.717) is 24.2 Å². The van der Waals surface area contributed by atoms with Crippen LogP contribution in [-0.4, -0.2) is 47.2 Å². The molecule has 1 fully saturated rings. The maximum Gasteiger partial charge on any atom is 0.229 e. The molecule has 112 valence electrons. The molecular formula is C14H24N4O2. The average molecular weight is 280 g/mol. The third kappa shape index (κ3) is 4.92. The van der Waals surface area contributed by atoms with Gasteiger partial charge in [-0.15, -0.1) is 10.2 Å². The van der Waals surface area contributed by atoms with E-state index in [0.717, 1.165) is 6.54 Å². The summed E-state index contributed by atoms with van der Waals surface area (Å²) in [7, 11) is 0. The number of carbonyl (C=O) groups excluding carboxylic acids is 1. The third-order valence-electron chi connectivity index (χ3n) is 3.55. The second-order valence-corrected chi connectivity index (χ2v) is 5.66. The van der Waals surface area contributed by atoms with Crippen molar-refractivity contribution in [1.29, 1.82) is 0 Å². The lowest BCUT2D eigenvalue weighted by Crippen LogP contribution is -2.38. The van der Waals surface area contributed by atoms with Crippen LogP contribution in [0.3, 0.4) is 0 Å². The van der Waals surface area contributed by atoms with Gasteiger partial charge in [-0.3, -0.25) is 4.79 Å². The standard InChI is InChI=1S/C14H24N4O2/c1-11(10-18-6-4-3-5-7-18)9-15-13(19)8-14-17-16-12(2)20-14/h11H,3-10H2,1-2H3,(H,15,19). The highest BCUT2D eigenvalue weighted by Gasteiger charge is 2.15. The summed E-state index contributed by atoms with van der Waals surface area (Å²) in [5.74, 6) is 1.27. The lowest BCUT2D eigenvalue weighted by Gasteiger charge is -2.29. The molecule has 1 aromatic rings. The van der Waals surface area contributed by atoms with Crippen LogP contribution in [0.1, 0.15) is 38.0 Å². The molecule has 6 nitrogen and oxygen atoms in total. The highest BCUT2D eigenvalue weighted by molar-refractivity contribution is 5.77. The van der Waals surface area contributed by atoms with Crippen molar-refractivity contribution in [3.05, 3.63) is 11.8 Å². The zero-order valence-electron chi connectivity index (χ0n) is 12.4. The van der Waals surface area contributed by atoms with Crippen molar-refractivity contribution in [1.82, 2.24) is 20.4 Å². The minimum atomic E-state index is -0.0563. The number of likely N-dealkylation sites (tertiary alicyclic amines) is 1. The minimum absolute atomic E-state index is 0.0563. The fourth-order valence-electron chi connectivity index (χ4n) is 2.54. The molecular weight excluding hydrogens is 256 g/mol. The molecule has 1 aromatic heterocycles. The Balaban J connectivity index is 1.64. The number of nitrogens with zero attached hydrogens (tertiary/aromatic N) is 3. The van der Waals surface area contributed by atoms with Crippen LogP contribution in [0.2, 0.25) is 0 Å². The van der Waals surface area contributed by atoms with E-state index in [9.17, 15) is 4.79 Å². The lowest BCUT2D eigenvalue weighted by atomic mass is 10.1. The Morgan fingerprint density at radius 1 is 1.35 bits per heavy atom. The molecule has 1 aliphatic rings. The van der Waals surface area contributed by atoms with Crippen molar-refractivity contribution in [2.75, 3.05) is 26.2 Å². The maximum atomic E-state index is 11.8. The van der Waals surface area contributed by atoms with Gasteiger partial charge in [0.1, 0.15) is 6.42 Å². The molecule has 2 heterocycles. The molecule has 0 aliphatic carbocycles. The summed E-state index contributed by atoms with van der Waals surface area (Å²) in [6.45, 7) is 8.03. The Hall–Kier alpha value is -1.43.